The third-order valence-electron chi connectivity index (χ3n) is 5.86. The summed E-state index contributed by atoms with van der Waals surface area (Å²) in [6, 6.07) is 0.262. The van der Waals surface area contributed by atoms with E-state index in [0.29, 0.717) is 17.5 Å². The molecule has 0 saturated heterocycles. The molecule has 3 aliphatic carbocycles. The second kappa shape index (κ2) is 5.01. The molecule has 22 heavy (non-hydrogen) atoms. The van der Waals surface area contributed by atoms with E-state index in [9.17, 15) is 4.79 Å². The van der Waals surface area contributed by atoms with E-state index in [1.54, 1.807) is 12.4 Å². The zero-order valence-corrected chi connectivity index (χ0v) is 13.1. The summed E-state index contributed by atoms with van der Waals surface area (Å²) in [5.74, 6) is 2.05. The van der Waals surface area contributed by atoms with Crippen LogP contribution in [0.1, 0.15) is 54.7 Å². The molecule has 5 unspecified atom stereocenters. The van der Waals surface area contributed by atoms with Crippen molar-refractivity contribution in [2.45, 2.75) is 57.0 Å². The highest BCUT2D eigenvalue weighted by Gasteiger charge is 2.51. The predicted octanol–water partition coefficient (Wildman–Crippen LogP) is 1.81. The summed E-state index contributed by atoms with van der Waals surface area (Å²) in [4.78, 5) is 20.7. The zero-order valence-electron chi connectivity index (χ0n) is 13.1. The number of aryl methyl sites for hydroxylation is 1. The van der Waals surface area contributed by atoms with Gasteiger partial charge in [-0.05, 0) is 63.2 Å². The first kappa shape index (κ1) is 14.1. The highest BCUT2D eigenvalue weighted by molar-refractivity contribution is 5.92. The average molecular weight is 300 g/mol. The van der Waals surface area contributed by atoms with Crippen LogP contribution < -0.4 is 11.1 Å². The second-order valence-electron chi connectivity index (χ2n) is 7.78. The van der Waals surface area contributed by atoms with Gasteiger partial charge in [0.15, 0.2) is 0 Å². The molecule has 1 heterocycles. The van der Waals surface area contributed by atoms with E-state index in [1.165, 1.54) is 12.8 Å². The number of amides is 1. The Labute approximate surface area is 131 Å². The number of hydrogen-bond acceptors (Lipinski definition) is 4. The van der Waals surface area contributed by atoms with Crippen LogP contribution in [0, 0.1) is 24.7 Å². The molecule has 118 valence electrons. The number of carbonyl (C=O) groups excluding carboxylic acids is 1. The Bertz CT molecular complexity index is 600. The van der Waals surface area contributed by atoms with Crippen molar-refractivity contribution in [3.63, 3.8) is 0 Å². The normalized spacial score (nSPS) is 39.5. The number of rotatable bonds is 2. The quantitative estimate of drug-likeness (QED) is 0.873. The third-order valence-corrected chi connectivity index (χ3v) is 5.86. The Morgan fingerprint density at radius 2 is 2.00 bits per heavy atom. The first-order valence-corrected chi connectivity index (χ1v) is 8.39. The first-order chi connectivity index (χ1) is 10.5. The molecule has 0 radical (unpaired) electrons. The molecule has 3 N–H and O–H groups in total. The van der Waals surface area contributed by atoms with Crippen molar-refractivity contribution in [2.75, 3.05) is 0 Å². The van der Waals surface area contributed by atoms with Crippen molar-refractivity contribution in [1.82, 2.24) is 15.3 Å². The van der Waals surface area contributed by atoms with Gasteiger partial charge in [-0.1, -0.05) is 0 Å². The summed E-state index contributed by atoms with van der Waals surface area (Å²) >= 11 is 0. The van der Waals surface area contributed by atoms with Crippen molar-refractivity contribution in [3.8, 4) is 0 Å². The van der Waals surface area contributed by atoms with Gasteiger partial charge in [0.05, 0.1) is 11.9 Å². The number of carbonyl (C=O) groups is 1. The molecule has 5 nitrogen and oxygen atoms in total. The van der Waals surface area contributed by atoms with E-state index in [-0.39, 0.29) is 17.5 Å². The minimum atomic E-state index is -0.0871. The van der Waals surface area contributed by atoms with Crippen LogP contribution >= 0.6 is 0 Å². The van der Waals surface area contributed by atoms with Crippen LogP contribution in [0.25, 0.3) is 0 Å². The molecule has 5 atom stereocenters. The number of nitrogens with one attached hydrogen (secondary N) is 1. The lowest BCUT2D eigenvalue weighted by molar-refractivity contribution is 0.0916. The highest BCUT2D eigenvalue weighted by Crippen LogP contribution is 2.54. The van der Waals surface area contributed by atoms with Crippen LogP contribution in [0.4, 0.5) is 0 Å². The van der Waals surface area contributed by atoms with E-state index in [4.69, 9.17) is 5.73 Å². The van der Waals surface area contributed by atoms with Gasteiger partial charge in [0, 0.05) is 17.8 Å². The number of fused-ring (bicyclic) bond motifs is 2. The van der Waals surface area contributed by atoms with Crippen LogP contribution in [-0.2, 0) is 0 Å². The van der Waals surface area contributed by atoms with Gasteiger partial charge in [-0.2, -0.15) is 0 Å². The zero-order chi connectivity index (χ0) is 15.3. The van der Waals surface area contributed by atoms with Gasteiger partial charge in [-0.3, -0.25) is 9.78 Å². The largest absolute Gasteiger partial charge is 0.348 e. The van der Waals surface area contributed by atoms with Gasteiger partial charge in [-0.25, -0.2) is 4.98 Å². The van der Waals surface area contributed by atoms with Gasteiger partial charge in [-0.15, -0.1) is 0 Å². The third kappa shape index (κ3) is 2.51. The molecule has 3 fully saturated rings. The van der Waals surface area contributed by atoms with Crippen LogP contribution in [0.15, 0.2) is 12.4 Å². The van der Waals surface area contributed by atoms with Crippen molar-refractivity contribution in [2.24, 2.45) is 23.5 Å². The maximum Gasteiger partial charge on any atom is 0.271 e. The van der Waals surface area contributed by atoms with Crippen LogP contribution in [0.2, 0.25) is 0 Å². The molecule has 5 heteroatoms. The summed E-state index contributed by atoms with van der Waals surface area (Å²) in [5.41, 5.74) is 7.83. The summed E-state index contributed by atoms with van der Waals surface area (Å²) in [6.45, 7) is 1.85. The Kier molecular flexibility index (Phi) is 3.22. The SMILES string of the molecule is Cc1cncc(C(=O)NC2CC3CC4CC(N)(C3)CC4C2)n1. The van der Waals surface area contributed by atoms with Crippen molar-refractivity contribution >= 4 is 5.91 Å². The van der Waals surface area contributed by atoms with Crippen LogP contribution in [-0.4, -0.2) is 27.5 Å². The molecule has 1 aromatic heterocycles. The van der Waals surface area contributed by atoms with E-state index in [0.717, 1.165) is 37.3 Å². The molecular formula is C17H24N4O. The fourth-order valence-electron chi connectivity index (χ4n) is 5.26. The lowest BCUT2D eigenvalue weighted by Gasteiger charge is -2.36. The second-order valence-corrected chi connectivity index (χ2v) is 7.78. The van der Waals surface area contributed by atoms with Gasteiger partial charge >= 0.3 is 0 Å². The molecule has 1 amide bonds. The molecule has 0 aliphatic heterocycles. The summed E-state index contributed by atoms with van der Waals surface area (Å²) in [7, 11) is 0. The smallest absolute Gasteiger partial charge is 0.271 e. The van der Waals surface area contributed by atoms with E-state index in [1.807, 2.05) is 6.92 Å². The lowest BCUT2D eigenvalue weighted by Crippen LogP contribution is -2.44. The molecular weight excluding hydrogens is 276 g/mol. The average Bonchev–Trinajstić information content (AvgIpc) is 2.59. The Balaban J connectivity index is 1.47. The molecule has 3 saturated carbocycles. The van der Waals surface area contributed by atoms with Gasteiger partial charge < -0.3 is 11.1 Å². The maximum atomic E-state index is 12.4. The monoisotopic (exact) mass is 300 g/mol. The standard InChI is InChI=1S/C17H24N4O/c1-10-8-19-9-15(20-10)16(22)21-14-3-11-2-12-6-17(18,5-11)7-13(12)4-14/h8-9,11-14H,2-7,18H2,1H3,(H,21,22). The highest BCUT2D eigenvalue weighted by atomic mass is 16.1. The number of nitrogens with two attached hydrogens (primary N) is 1. The fraction of sp³-hybridized carbons (Fsp3) is 0.706. The Morgan fingerprint density at radius 1 is 1.23 bits per heavy atom. The number of hydrogen-bond donors (Lipinski definition) is 2. The van der Waals surface area contributed by atoms with Crippen molar-refractivity contribution < 1.29 is 4.79 Å². The van der Waals surface area contributed by atoms with E-state index < -0.39 is 0 Å². The van der Waals surface area contributed by atoms with Crippen LogP contribution in [0.5, 0.6) is 0 Å². The summed E-state index contributed by atoms with van der Waals surface area (Å²) in [6.07, 6.45) is 10.1. The lowest BCUT2D eigenvalue weighted by atomic mass is 9.75. The minimum absolute atomic E-state index is 0.0871. The summed E-state index contributed by atoms with van der Waals surface area (Å²) in [5, 5.41) is 3.20. The maximum absolute atomic E-state index is 12.4. The topological polar surface area (TPSA) is 80.9 Å². The molecule has 3 bridgehead atoms. The van der Waals surface area contributed by atoms with Crippen LogP contribution in [0.3, 0.4) is 0 Å². The fourth-order valence-corrected chi connectivity index (χ4v) is 5.26. The van der Waals surface area contributed by atoms with Gasteiger partial charge in [0.2, 0.25) is 0 Å². The number of aromatic nitrogens is 2. The molecule has 0 aromatic carbocycles. The van der Waals surface area contributed by atoms with Crippen molar-refractivity contribution in [3.05, 3.63) is 23.8 Å². The molecule has 1 aromatic rings. The van der Waals surface area contributed by atoms with Gasteiger partial charge in [0.25, 0.3) is 5.91 Å². The first-order valence-electron chi connectivity index (χ1n) is 8.39. The Hall–Kier alpha value is -1.49. The van der Waals surface area contributed by atoms with E-state index >= 15 is 0 Å². The van der Waals surface area contributed by atoms with Gasteiger partial charge in [0.1, 0.15) is 5.69 Å². The van der Waals surface area contributed by atoms with E-state index in [2.05, 4.69) is 15.3 Å². The number of nitrogens with zero attached hydrogens (tertiary/aromatic N) is 2. The molecule has 0 spiro atoms. The molecule has 3 aliphatic rings. The molecule has 4 rings (SSSR count). The van der Waals surface area contributed by atoms with Crippen molar-refractivity contribution in [1.29, 1.82) is 0 Å². The minimum Gasteiger partial charge on any atom is -0.348 e. The predicted molar refractivity (Wildman–Crippen MR) is 83.1 cm³/mol. The summed E-state index contributed by atoms with van der Waals surface area (Å²) < 4.78 is 0. The Morgan fingerprint density at radius 3 is 2.77 bits per heavy atom.